The van der Waals surface area contributed by atoms with Crippen LogP contribution in [0, 0.1) is 6.92 Å². The van der Waals surface area contributed by atoms with E-state index in [1.54, 1.807) is 4.68 Å². The Morgan fingerprint density at radius 3 is 2.71 bits per heavy atom. The molecule has 0 spiro atoms. The molecule has 28 heavy (non-hydrogen) atoms. The predicted molar refractivity (Wildman–Crippen MR) is 106 cm³/mol. The molecule has 0 radical (unpaired) electrons. The standard InChI is InChI=1S/C21H21N5O2/c1-3-12-22-18(27)13-26-17-7-5-4-6-16(17)19(24-26)21-23-20(25-28-21)15-10-8-14(2)9-11-15/h4-11H,3,12-13H2,1-2H3,(H,22,27). The van der Waals surface area contributed by atoms with Gasteiger partial charge in [-0.2, -0.15) is 10.1 Å². The summed E-state index contributed by atoms with van der Waals surface area (Å²) in [5.74, 6) is 0.765. The number of aryl methyl sites for hydroxylation is 1. The summed E-state index contributed by atoms with van der Waals surface area (Å²) in [5.41, 5.74) is 3.46. The minimum absolute atomic E-state index is 0.0764. The van der Waals surface area contributed by atoms with Gasteiger partial charge in [0.25, 0.3) is 5.89 Å². The molecule has 0 atom stereocenters. The highest BCUT2D eigenvalue weighted by Gasteiger charge is 2.19. The van der Waals surface area contributed by atoms with E-state index in [0.717, 1.165) is 22.9 Å². The van der Waals surface area contributed by atoms with Crippen molar-refractivity contribution in [1.82, 2.24) is 25.2 Å². The van der Waals surface area contributed by atoms with Crippen molar-refractivity contribution in [3.05, 3.63) is 54.1 Å². The second-order valence-corrected chi connectivity index (χ2v) is 6.66. The molecule has 1 amide bonds. The van der Waals surface area contributed by atoms with E-state index in [1.165, 1.54) is 5.56 Å². The van der Waals surface area contributed by atoms with Gasteiger partial charge < -0.3 is 9.84 Å². The van der Waals surface area contributed by atoms with E-state index in [0.29, 0.717) is 24.0 Å². The minimum Gasteiger partial charge on any atom is -0.355 e. The molecule has 0 aliphatic carbocycles. The molecule has 7 nitrogen and oxygen atoms in total. The SMILES string of the molecule is CCCNC(=O)Cn1nc(-c2nc(-c3ccc(C)cc3)no2)c2ccccc21. The van der Waals surface area contributed by atoms with Gasteiger partial charge in [-0.25, -0.2) is 0 Å². The molecule has 2 aromatic heterocycles. The van der Waals surface area contributed by atoms with Gasteiger partial charge in [-0.05, 0) is 19.4 Å². The maximum Gasteiger partial charge on any atom is 0.279 e. The zero-order valence-corrected chi connectivity index (χ0v) is 15.8. The van der Waals surface area contributed by atoms with Gasteiger partial charge in [-0.3, -0.25) is 9.48 Å². The molecule has 0 aliphatic rings. The number of carbonyl (C=O) groups is 1. The molecular formula is C21H21N5O2. The van der Waals surface area contributed by atoms with Gasteiger partial charge in [0.1, 0.15) is 6.54 Å². The van der Waals surface area contributed by atoms with Crippen LogP contribution in [0.3, 0.4) is 0 Å². The van der Waals surface area contributed by atoms with Crippen LogP contribution in [0.4, 0.5) is 0 Å². The second-order valence-electron chi connectivity index (χ2n) is 6.66. The van der Waals surface area contributed by atoms with Crippen LogP contribution < -0.4 is 5.32 Å². The van der Waals surface area contributed by atoms with E-state index < -0.39 is 0 Å². The third-order valence-electron chi connectivity index (χ3n) is 4.46. The Labute approximate surface area is 162 Å². The molecule has 4 rings (SSSR count). The first kappa shape index (κ1) is 17.9. The summed E-state index contributed by atoms with van der Waals surface area (Å²) in [6.45, 7) is 4.83. The molecule has 0 aliphatic heterocycles. The fraction of sp³-hybridized carbons (Fsp3) is 0.238. The van der Waals surface area contributed by atoms with Gasteiger partial charge in [0.15, 0.2) is 5.69 Å². The average molecular weight is 375 g/mol. The van der Waals surface area contributed by atoms with Gasteiger partial charge >= 0.3 is 0 Å². The maximum atomic E-state index is 12.2. The first-order chi connectivity index (χ1) is 13.7. The number of hydrogen-bond donors (Lipinski definition) is 1. The highest BCUT2D eigenvalue weighted by Crippen LogP contribution is 2.28. The van der Waals surface area contributed by atoms with Gasteiger partial charge in [-0.1, -0.05) is 60.1 Å². The molecule has 4 aromatic rings. The van der Waals surface area contributed by atoms with Crippen LogP contribution in [0.1, 0.15) is 18.9 Å². The Morgan fingerprint density at radius 2 is 1.93 bits per heavy atom. The average Bonchev–Trinajstić information content (AvgIpc) is 3.32. The number of carbonyl (C=O) groups excluding carboxylic acids is 1. The molecular weight excluding hydrogens is 354 g/mol. The lowest BCUT2D eigenvalue weighted by Gasteiger charge is -2.04. The predicted octanol–water partition coefficient (Wildman–Crippen LogP) is 3.59. The number of hydrogen-bond acceptors (Lipinski definition) is 5. The van der Waals surface area contributed by atoms with E-state index in [2.05, 4.69) is 20.6 Å². The maximum absolute atomic E-state index is 12.2. The van der Waals surface area contributed by atoms with Crippen LogP contribution in [-0.2, 0) is 11.3 Å². The Morgan fingerprint density at radius 1 is 1.14 bits per heavy atom. The Kier molecular flexibility index (Phi) is 4.89. The number of fused-ring (bicyclic) bond motifs is 1. The molecule has 2 aromatic carbocycles. The lowest BCUT2D eigenvalue weighted by molar-refractivity contribution is -0.121. The van der Waals surface area contributed by atoms with Crippen molar-refractivity contribution < 1.29 is 9.32 Å². The van der Waals surface area contributed by atoms with E-state index >= 15 is 0 Å². The van der Waals surface area contributed by atoms with Crippen molar-refractivity contribution in [2.75, 3.05) is 6.54 Å². The molecule has 142 valence electrons. The van der Waals surface area contributed by atoms with Crippen molar-refractivity contribution in [1.29, 1.82) is 0 Å². The number of aromatic nitrogens is 4. The molecule has 0 bridgehead atoms. The number of nitrogens with zero attached hydrogens (tertiary/aromatic N) is 4. The zero-order valence-electron chi connectivity index (χ0n) is 15.8. The number of benzene rings is 2. The first-order valence-electron chi connectivity index (χ1n) is 9.29. The van der Waals surface area contributed by atoms with Crippen LogP contribution in [0.5, 0.6) is 0 Å². The van der Waals surface area contributed by atoms with E-state index in [9.17, 15) is 4.79 Å². The molecule has 1 N–H and O–H groups in total. The van der Waals surface area contributed by atoms with Crippen LogP contribution in [0.25, 0.3) is 33.9 Å². The van der Waals surface area contributed by atoms with E-state index in [1.807, 2.05) is 62.4 Å². The largest absolute Gasteiger partial charge is 0.355 e. The minimum atomic E-state index is -0.0764. The highest BCUT2D eigenvalue weighted by atomic mass is 16.5. The molecule has 0 saturated heterocycles. The molecule has 7 heteroatoms. The van der Waals surface area contributed by atoms with Gasteiger partial charge in [0.05, 0.1) is 5.52 Å². The monoisotopic (exact) mass is 375 g/mol. The van der Waals surface area contributed by atoms with E-state index in [-0.39, 0.29) is 12.5 Å². The summed E-state index contributed by atoms with van der Waals surface area (Å²) >= 11 is 0. The summed E-state index contributed by atoms with van der Waals surface area (Å²) in [6.07, 6.45) is 0.890. The fourth-order valence-corrected chi connectivity index (χ4v) is 3.00. The van der Waals surface area contributed by atoms with Gasteiger partial charge in [0, 0.05) is 17.5 Å². The molecule has 0 unspecified atom stereocenters. The fourth-order valence-electron chi connectivity index (χ4n) is 3.00. The van der Waals surface area contributed by atoms with Crippen molar-refractivity contribution >= 4 is 16.8 Å². The number of rotatable bonds is 6. The normalized spacial score (nSPS) is 11.1. The Bertz CT molecular complexity index is 1110. The summed E-state index contributed by atoms with van der Waals surface area (Å²) in [5, 5.41) is 12.4. The van der Waals surface area contributed by atoms with Crippen molar-refractivity contribution in [3.63, 3.8) is 0 Å². The van der Waals surface area contributed by atoms with Crippen molar-refractivity contribution in [2.45, 2.75) is 26.8 Å². The van der Waals surface area contributed by atoms with Crippen molar-refractivity contribution in [3.8, 4) is 23.0 Å². The highest BCUT2D eigenvalue weighted by molar-refractivity contribution is 5.92. The summed E-state index contributed by atoms with van der Waals surface area (Å²) in [4.78, 5) is 16.7. The summed E-state index contributed by atoms with van der Waals surface area (Å²) in [7, 11) is 0. The zero-order chi connectivity index (χ0) is 19.5. The third kappa shape index (κ3) is 3.51. The van der Waals surface area contributed by atoms with Crippen LogP contribution >= 0.6 is 0 Å². The Balaban J connectivity index is 1.69. The first-order valence-corrected chi connectivity index (χ1v) is 9.29. The molecule has 2 heterocycles. The smallest absolute Gasteiger partial charge is 0.279 e. The van der Waals surface area contributed by atoms with E-state index in [4.69, 9.17) is 4.52 Å². The topological polar surface area (TPSA) is 85.8 Å². The molecule has 0 saturated carbocycles. The van der Waals surface area contributed by atoms with Gasteiger partial charge in [-0.15, -0.1) is 0 Å². The summed E-state index contributed by atoms with van der Waals surface area (Å²) in [6, 6.07) is 15.6. The van der Waals surface area contributed by atoms with Crippen molar-refractivity contribution in [2.24, 2.45) is 0 Å². The lowest BCUT2D eigenvalue weighted by atomic mass is 10.1. The molecule has 0 fully saturated rings. The van der Waals surface area contributed by atoms with Gasteiger partial charge in [0.2, 0.25) is 11.7 Å². The van der Waals surface area contributed by atoms with Crippen LogP contribution in [-0.4, -0.2) is 32.4 Å². The number of para-hydroxylation sites is 1. The number of nitrogens with one attached hydrogen (secondary N) is 1. The third-order valence-corrected chi connectivity index (χ3v) is 4.46. The quantitative estimate of drug-likeness (QED) is 0.557. The number of amides is 1. The Hall–Kier alpha value is -3.48. The van der Waals surface area contributed by atoms with Crippen LogP contribution in [0.2, 0.25) is 0 Å². The summed E-state index contributed by atoms with van der Waals surface area (Å²) < 4.78 is 7.16. The second kappa shape index (κ2) is 7.64. The van der Waals surface area contributed by atoms with Crippen LogP contribution in [0.15, 0.2) is 53.1 Å². The lowest BCUT2D eigenvalue weighted by Crippen LogP contribution is -2.28.